The summed E-state index contributed by atoms with van der Waals surface area (Å²) in [6, 6.07) is 0. The number of rotatable bonds is 3. The zero-order valence-corrected chi connectivity index (χ0v) is 15.6. The molecular weight excluding hydrogens is 316 g/mol. The van der Waals surface area contributed by atoms with Crippen molar-refractivity contribution in [3.63, 3.8) is 0 Å². The molecule has 0 aromatic heterocycles. The van der Waals surface area contributed by atoms with Crippen LogP contribution < -0.4 is 0 Å². The first-order chi connectivity index (χ1) is 11.7. The molecule has 0 amide bonds. The predicted molar refractivity (Wildman–Crippen MR) is 95.8 cm³/mol. The third kappa shape index (κ3) is 2.69. The van der Waals surface area contributed by atoms with Crippen LogP contribution >= 0.6 is 0 Å². The lowest BCUT2D eigenvalue weighted by Crippen LogP contribution is -2.59. The fraction of sp³-hybridized carbons (Fsp3) is 0.714. The summed E-state index contributed by atoms with van der Waals surface area (Å²) in [6.07, 6.45) is 8.31. The van der Waals surface area contributed by atoms with Crippen molar-refractivity contribution >= 4 is 12.3 Å². The van der Waals surface area contributed by atoms with Gasteiger partial charge in [-0.05, 0) is 67.6 Å². The number of esters is 1. The molecule has 2 fully saturated rings. The molecule has 3 aliphatic rings. The van der Waals surface area contributed by atoms with E-state index in [2.05, 4.69) is 20.4 Å². The molecule has 25 heavy (non-hydrogen) atoms. The summed E-state index contributed by atoms with van der Waals surface area (Å²) in [4.78, 5) is 23.9. The van der Waals surface area contributed by atoms with Gasteiger partial charge in [-0.1, -0.05) is 19.9 Å². The van der Waals surface area contributed by atoms with Gasteiger partial charge in [0.15, 0.2) is 0 Å². The lowest BCUT2D eigenvalue weighted by molar-refractivity contribution is -0.172. The minimum atomic E-state index is -0.705. The lowest BCUT2D eigenvalue weighted by atomic mass is 9.45. The maximum Gasteiger partial charge on any atom is 0.334 e. The van der Waals surface area contributed by atoms with Gasteiger partial charge in [0.2, 0.25) is 0 Å². The molecule has 4 nitrogen and oxygen atoms in total. The number of hydrogen-bond donors (Lipinski definition) is 1. The van der Waals surface area contributed by atoms with Crippen LogP contribution in [-0.2, 0) is 14.3 Å². The van der Waals surface area contributed by atoms with Crippen LogP contribution in [0.2, 0.25) is 0 Å². The van der Waals surface area contributed by atoms with Crippen molar-refractivity contribution in [2.45, 2.75) is 64.4 Å². The summed E-state index contributed by atoms with van der Waals surface area (Å²) in [6.45, 7) is 8.36. The molecule has 0 spiro atoms. The van der Waals surface area contributed by atoms with Crippen LogP contribution in [0.5, 0.6) is 0 Å². The van der Waals surface area contributed by atoms with E-state index in [1.807, 2.05) is 6.08 Å². The van der Waals surface area contributed by atoms with E-state index < -0.39 is 5.60 Å². The summed E-state index contributed by atoms with van der Waals surface area (Å²) in [7, 11) is 1.36. The number of fused-ring (bicyclic) bond motifs is 3. The van der Waals surface area contributed by atoms with Crippen LogP contribution in [0.3, 0.4) is 0 Å². The number of hydrogen-bond acceptors (Lipinski definition) is 4. The largest absolute Gasteiger partial charge is 0.466 e. The Morgan fingerprint density at radius 3 is 2.60 bits per heavy atom. The van der Waals surface area contributed by atoms with Crippen molar-refractivity contribution in [3.8, 4) is 0 Å². The summed E-state index contributed by atoms with van der Waals surface area (Å²) in [5.41, 5.74) is 0.271. The molecule has 1 N–H and O–H groups in total. The molecule has 0 aromatic carbocycles. The summed E-state index contributed by atoms with van der Waals surface area (Å²) in [5.74, 6) is -0.194. The Morgan fingerprint density at radius 1 is 1.28 bits per heavy atom. The predicted octanol–water partition coefficient (Wildman–Crippen LogP) is 3.59. The molecule has 3 rings (SSSR count). The summed E-state index contributed by atoms with van der Waals surface area (Å²) < 4.78 is 4.89. The second kappa shape index (κ2) is 6.08. The van der Waals surface area contributed by atoms with Crippen LogP contribution in [0.4, 0.5) is 0 Å². The first-order valence-corrected chi connectivity index (χ1v) is 9.35. The molecule has 5 unspecified atom stereocenters. The van der Waals surface area contributed by atoms with Gasteiger partial charge < -0.3 is 9.84 Å². The van der Waals surface area contributed by atoms with Crippen molar-refractivity contribution in [1.82, 2.24) is 0 Å². The highest BCUT2D eigenvalue weighted by molar-refractivity contribution is 5.96. The number of carbonyl (C=O) groups is 2. The van der Waals surface area contributed by atoms with Crippen LogP contribution in [-0.4, -0.2) is 30.1 Å². The molecule has 0 bridgehead atoms. The van der Waals surface area contributed by atoms with E-state index in [0.717, 1.165) is 38.4 Å². The molecule has 0 aromatic rings. The van der Waals surface area contributed by atoms with Crippen LogP contribution in [0, 0.1) is 22.7 Å². The molecule has 0 saturated heterocycles. The Morgan fingerprint density at radius 2 is 2.00 bits per heavy atom. The lowest BCUT2D eigenvalue weighted by Gasteiger charge is -2.61. The topological polar surface area (TPSA) is 63.6 Å². The highest BCUT2D eigenvalue weighted by Gasteiger charge is 2.60. The average Bonchev–Trinajstić information content (AvgIpc) is 2.58. The van der Waals surface area contributed by atoms with Crippen molar-refractivity contribution in [3.05, 3.63) is 23.8 Å². The van der Waals surface area contributed by atoms with Crippen LogP contribution in [0.25, 0.3) is 0 Å². The number of aliphatic hydroxyl groups is 1. The summed E-state index contributed by atoms with van der Waals surface area (Å²) >= 11 is 0. The molecule has 0 heterocycles. The van der Waals surface area contributed by atoms with Gasteiger partial charge in [0.25, 0.3) is 0 Å². The van der Waals surface area contributed by atoms with E-state index in [1.165, 1.54) is 7.11 Å². The molecule has 2 saturated carbocycles. The molecule has 3 aliphatic carbocycles. The number of carbonyl (C=O) groups excluding carboxylic acids is 2. The van der Waals surface area contributed by atoms with Gasteiger partial charge >= 0.3 is 5.97 Å². The number of ether oxygens (including phenoxy) is 1. The van der Waals surface area contributed by atoms with Crippen molar-refractivity contribution in [2.24, 2.45) is 22.7 Å². The SMILES string of the molecule is C=CC1(C)CCC2C(O)(CCC3C(C=O)=C(C(=O)OC)CCC32C)C1. The van der Waals surface area contributed by atoms with Gasteiger partial charge in [-0.3, -0.25) is 4.79 Å². The first-order valence-electron chi connectivity index (χ1n) is 9.35. The molecule has 138 valence electrons. The Hall–Kier alpha value is -1.42. The zero-order valence-electron chi connectivity index (χ0n) is 15.6. The standard InChI is InChI=1S/C21H30O4/c1-5-19(2)9-8-17-20(3)10-6-14(18(23)25-4)15(12-22)16(20)7-11-21(17,24)13-19/h5,12,16-17,24H,1,6-11,13H2,2-4H3. The van der Waals surface area contributed by atoms with E-state index >= 15 is 0 Å². The van der Waals surface area contributed by atoms with Gasteiger partial charge in [-0.15, -0.1) is 6.58 Å². The third-order valence-corrected chi connectivity index (χ3v) is 7.51. The van der Waals surface area contributed by atoms with Gasteiger partial charge in [0.1, 0.15) is 6.29 Å². The van der Waals surface area contributed by atoms with Crippen molar-refractivity contribution in [2.75, 3.05) is 7.11 Å². The molecule has 4 heteroatoms. The van der Waals surface area contributed by atoms with E-state index in [9.17, 15) is 14.7 Å². The number of methoxy groups -OCH3 is 1. The minimum absolute atomic E-state index is 0.0242. The van der Waals surface area contributed by atoms with Crippen molar-refractivity contribution < 1.29 is 19.4 Å². The second-order valence-corrected chi connectivity index (χ2v) is 8.87. The van der Waals surface area contributed by atoms with E-state index in [-0.39, 0.29) is 28.6 Å². The summed E-state index contributed by atoms with van der Waals surface area (Å²) in [5, 5.41) is 11.5. The van der Waals surface area contributed by atoms with E-state index in [4.69, 9.17) is 4.74 Å². The molecule has 5 atom stereocenters. The minimum Gasteiger partial charge on any atom is -0.466 e. The third-order valence-electron chi connectivity index (χ3n) is 7.51. The monoisotopic (exact) mass is 346 g/mol. The second-order valence-electron chi connectivity index (χ2n) is 8.87. The Labute approximate surface area is 150 Å². The maximum absolute atomic E-state index is 12.1. The number of allylic oxidation sites excluding steroid dienone is 2. The van der Waals surface area contributed by atoms with Crippen molar-refractivity contribution in [1.29, 1.82) is 0 Å². The highest BCUT2D eigenvalue weighted by Crippen LogP contribution is 2.63. The highest BCUT2D eigenvalue weighted by atomic mass is 16.5. The first kappa shape index (κ1) is 18.4. The Bertz CT molecular complexity index is 636. The van der Waals surface area contributed by atoms with Gasteiger partial charge in [0.05, 0.1) is 12.7 Å². The fourth-order valence-electron chi connectivity index (χ4n) is 6.11. The molecule has 0 aliphatic heterocycles. The number of aldehydes is 1. The van der Waals surface area contributed by atoms with Crippen LogP contribution in [0.15, 0.2) is 23.8 Å². The van der Waals surface area contributed by atoms with Gasteiger partial charge in [-0.25, -0.2) is 4.79 Å². The average molecular weight is 346 g/mol. The Balaban J connectivity index is 1.99. The zero-order chi connectivity index (χ0) is 18.5. The Kier molecular flexibility index (Phi) is 4.47. The molecule has 0 radical (unpaired) electrons. The van der Waals surface area contributed by atoms with Gasteiger partial charge in [-0.2, -0.15) is 0 Å². The molecular formula is C21H30O4. The smallest absolute Gasteiger partial charge is 0.334 e. The van der Waals surface area contributed by atoms with Gasteiger partial charge in [0, 0.05) is 11.1 Å². The maximum atomic E-state index is 12.1. The fourth-order valence-corrected chi connectivity index (χ4v) is 6.11. The van der Waals surface area contributed by atoms with Crippen LogP contribution in [0.1, 0.15) is 58.8 Å². The van der Waals surface area contributed by atoms with E-state index in [1.54, 1.807) is 0 Å². The normalized spacial score (nSPS) is 43.7. The van der Waals surface area contributed by atoms with E-state index in [0.29, 0.717) is 24.0 Å². The quantitative estimate of drug-likeness (QED) is 0.482.